The highest BCUT2D eigenvalue weighted by molar-refractivity contribution is 5.22. The Kier molecular flexibility index (Phi) is 3.92. The molecule has 2 aliphatic rings. The molecular weight excluding hydrogens is 261 g/mol. The average molecular weight is 281 g/mol. The fourth-order valence-electron chi connectivity index (χ4n) is 2.71. The van der Waals surface area contributed by atoms with E-state index in [2.05, 4.69) is 4.90 Å². The molecule has 4 nitrogen and oxygen atoms in total. The van der Waals surface area contributed by atoms with E-state index in [9.17, 15) is 4.39 Å². The lowest BCUT2D eigenvalue weighted by atomic mass is 10.0. The van der Waals surface area contributed by atoms with Crippen LogP contribution in [0.2, 0.25) is 0 Å². The molecule has 3 rings (SSSR count). The minimum absolute atomic E-state index is 0.254. The van der Waals surface area contributed by atoms with Gasteiger partial charge in [-0.2, -0.15) is 0 Å². The van der Waals surface area contributed by atoms with E-state index in [4.69, 9.17) is 14.2 Å². The Bertz CT molecular complexity index is 449. The summed E-state index contributed by atoms with van der Waals surface area (Å²) >= 11 is 0. The van der Waals surface area contributed by atoms with Crippen LogP contribution >= 0.6 is 0 Å². The van der Waals surface area contributed by atoms with Gasteiger partial charge in [-0.05, 0) is 30.7 Å². The number of benzene rings is 1. The Balaban J connectivity index is 1.57. The molecule has 5 heteroatoms. The third kappa shape index (κ3) is 2.80. The van der Waals surface area contributed by atoms with Gasteiger partial charge in [0.25, 0.3) is 0 Å². The maximum Gasteiger partial charge on any atom is 0.123 e. The lowest BCUT2D eigenvalue weighted by Crippen LogP contribution is -2.50. The van der Waals surface area contributed by atoms with Crippen molar-refractivity contribution in [1.82, 2.24) is 4.90 Å². The number of hydrogen-bond donors (Lipinski definition) is 0. The molecule has 0 saturated carbocycles. The lowest BCUT2D eigenvalue weighted by Gasteiger charge is -2.36. The Labute approximate surface area is 118 Å². The second-order valence-electron chi connectivity index (χ2n) is 5.54. The van der Waals surface area contributed by atoms with Gasteiger partial charge in [-0.1, -0.05) is 0 Å². The summed E-state index contributed by atoms with van der Waals surface area (Å²) in [6, 6.07) is 6.62. The summed E-state index contributed by atoms with van der Waals surface area (Å²) in [5.41, 5.74) is -0.274. The average Bonchev–Trinajstić information content (AvgIpc) is 2.81. The van der Waals surface area contributed by atoms with Crippen molar-refractivity contribution in [3.05, 3.63) is 30.1 Å². The first-order chi connectivity index (χ1) is 9.71. The van der Waals surface area contributed by atoms with Crippen molar-refractivity contribution >= 4 is 0 Å². The number of rotatable bonds is 5. The molecule has 0 spiro atoms. The highest BCUT2D eigenvalue weighted by atomic mass is 19.1. The van der Waals surface area contributed by atoms with Crippen LogP contribution in [0.3, 0.4) is 0 Å². The molecule has 0 bridgehead atoms. The minimum Gasteiger partial charge on any atom is -0.491 e. The van der Waals surface area contributed by atoms with E-state index in [1.165, 1.54) is 12.1 Å². The van der Waals surface area contributed by atoms with E-state index in [-0.39, 0.29) is 11.4 Å². The molecular formula is C15H20FNO3. The second-order valence-corrected chi connectivity index (χ2v) is 5.54. The first-order valence-corrected chi connectivity index (χ1v) is 6.96. The number of halogens is 1. The minimum atomic E-state index is -0.274. The Morgan fingerprint density at radius 2 is 2.10 bits per heavy atom. The monoisotopic (exact) mass is 281 g/mol. The summed E-state index contributed by atoms with van der Waals surface area (Å²) in [6.07, 6.45) is 0.946. The van der Waals surface area contributed by atoms with Crippen molar-refractivity contribution < 1.29 is 18.6 Å². The Morgan fingerprint density at radius 1 is 1.35 bits per heavy atom. The van der Waals surface area contributed by atoms with Crippen LogP contribution in [-0.2, 0) is 9.47 Å². The lowest BCUT2D eigenvalue weighted by molar-refractivity contribution is -0.0780. The zero-order valence-electron chi connectivity index (χ0n) is 11.7. The number of ether oxygens (including phenoxy) is 3. The van der Waals surface area contributed by atoms with Gasteiger partial charge in [0.2, 0.25) is 0 Å². The quantitative estimate of drug-likeness (QED) is 0.822. The van der Waals surface area contributed by atoms with E-state index < -0.39 is 0 Å². The van der Waals surface area contributed by atoms with Crippen LogP contribution in [0, 0.1) is 5.82 Å². The molecule has 0 radical (unpaired) electrons. The van der Waals surface area contributed by atoms with E-state index in [0.717, 1.165) is 32.7 Å². The van der Waals surface area contributed by atoms with Crippen LogP contribution in [0.4, 0.5) is 4.39 Å². The van der Waals surface area contributed by atoms with Gasteiger partial charge in [0, 0.05) is 20.2 Å². The van der Waals surface area contributed by atoms with Gasteiger partial charge in [0.05, 0.1) is 19.3 Å². The maximum absolute atomic E-state index is 12.9. The first kappa shape index (κ1) is 13.8. The number of methoxy groups -OCH3 is 1. The molecule has 2 aliphatic heterocycles. The third-order valence-electron chi connectivity index (χ3n) is 4.23. The fraction of sp³-hybridized carbons (Fsp3) is 0.600. The molecule has 0 aliphatic carbocycles. The molecule has 0 aromatic heterocycles. The summed E-state index contributed by atoms with van der Waals surface area (Å²) < 4.78 is 29.6. The van der Waals surface area contributed by atoms with Gasteiger partial charge in [-0.15, -0.1) is 0 Å². The maximum atomic E-state index is 12.9. The highest BCUT2D eigenvalue weighted by Gasteiger charge is 2.43. The molecule has 2 fully saturated rings. The summed E-state index contributed by atoms with van der Waals surface area (Å²) in [7, 11) is 1.73. The number of hydrogen-bond acceptors (Lipinski definition) is 4. The molecule has 1 atom stereocenters. The largest absolute Gasteiger partial charge is 0.491 e. The van der Waals surface area contributed by atoms with Gasteiger partial charge in [-0.3, -0.25) is 4.90 Å². The summed E-state index contributed by atoms with van der Waals surface area (Å²) in [4.78, 5) is 2.40. The number of likely N-dealkylation sites (tertiary alicyclic amines) is 1. The standard InChI is InChI=1S/C15H20FNO3/c1-18-15(6-7-17(10-15)13-8-19-9-13)11-20-14-4-2-12(16)3-5-14/h2-5,13H,6-11H2,1H3. The van der Waals surface area contributed by atoms with Crippen LogP contribution in [0.5, 0.6) is 5.75 Å². The molecule has 110 valence electrons. The predicted octanol–water partition coefficient (Wildman–Crippen LogP) is 1.69. The summed E-state index contributed by atoms with van der Waals surface area (Å²) in [6.45, 7) is 3.99. The van der Waals surface area contributed by atoms with E-state index in [1.54, 1.807) is 19.2 Å². The van der Waals surface area contributed by atoms with Gasteiger partial charge in [0.15, 0.2) is 0 Å². The molecule has 0 N–H and O–H groups in total. The van der Waals surface area contributed by atoms with Crippen molar-refractivity contribution in [3.8, 4) is 5.75 Å². The predicted molar refractivity (Wildman–Crippen MR) is 72.4 cm³/mol. The van der Waals surface area contributed by atoms with E-state index in [1.807, 2.05) is 0 Å². The van der Waals surface area contributed by atoms with Gasteiger partial charge in [-0.25, -0.2) is 4.39 Å². The zero-order chi connectivity index (χ0) is 14.0. The third-order valence-corrected chi connectivity index (χ3v) is 4.23. The fourth-order valence-corrected chi connectivity index (χ4v) is 2.71. The molecule has 0 amide bonds. The van der Waals surface area contributed by atoms with Gasteiger partial charge < -0.3 is 14.2 Å². The summed E-state index contributed by atoms with van der Waals surface area (Å²) in [5, 5.41) is 0. The normalized spacial score (nSPS) is 27.5. The Hall–Kier alpha value is -1.17. The van der Waals surface area contributed by atoms with Crippen molar-refractivity contribution in [2.75, 3.05) is 40.0 Å². The van der Waals surface area contributed by atoms with Crippen LogP contribution in [0.15, 0.2) is 24.3 Å². The van der Waals surface area contributed by atoms with Crippen molar-refractivity contribution in [2.24, 2.45) is 0 Å². The van der Waals surface area contributed by atoms with Crippen molar-refractivity contribution in [1.29, 1.82) is 0 Å². The molecule has 1 aromatic rings. The first-order valence-electron chi connectivity index (χ1n) is 6.96. The van der Waals surface area contributed by atoms with Crippen LogP contribution in [0.25, 0.3) is 0 Å². The molecule has 2 saturated heterocycles. The molecule has 2 heterocycles. The summed E-state index contributed by atoms with van der Waals surface area (Å²) in [5.74, 6) is 0.420. The van der Waals surface area contributed by atoms with Crippen molar-refractivity contribution in [2.45, 2.75) is 18.1 Å². The highest BCUT2D eigenvalue weighted by Crippen LogP contribution is 2.29. The van der Waals surface area contributed by atoms with Crippen LogP contribution < -0.4 is 4.74 Å². The van der Waals surface area contributed by atoms with Crippen LogP contribution in [-0.4, -0.2) is 56.6 Å². The van der Waals surface area contributed by atoms with E-state index >= 15 is 0 Å². The molecule has 1 aromatic carbocycles. The molecule has 1 unspecified atom stereocenters. The van der Waals surface area contributed by atoms with Gasteiger partial charge >= 0.3 is 0 Å². The number of nitrogens with zero attached hydrogens (tertiary/aromatic N) is 1. The SMILES string of the molecule is COC1(COc2ccc(F)cc2)CCN(C2COC2)C1. The van der Waals surface area contributed by atoms with Gasteiger partial charge in [0.1, 0.15) is 23.8 Å². The van der Waals surface area contributed by atoms with Crippen molar-refractivity contribution in [3.63, 3.8) is 0 Å². The molecule has 20 heavy (non-hydrogen) atoms. The second kappa shape index (κ2) is 5.68. The Morgan fingerprint density at radius 3 is 2.70 bits per heavy atom. The van der Waals surface area contributed by atoms with E-state index in [0.29, 0.717) is 18.4 Å². The smallest absolute Gasteiger partial charge is 0.123 e. The zero-order valence-corrected chi connectivity index (χ0v) is 11.7. The topological polar surface area (TPSA) is 30.9 Å². The van der Waals surface area contributed by atoms with Crippen LogP contribution in [0.1, 0.15) is 6.42 Å².